The zero-order valence-corrected chi connectivity index (χ0v) is 16.7. The van der Waals surface area contributed by atoms with E-state index in [4.69, 9.17) is 11.6 Å². The van der Waals surface area contributed by atoms with E-state index in [1.165, 1.54) is 6.08 Å². The van der Waals surface area contributed by atoms with Gasteiger partial charge in [0.25, 0.3) is 0 Å². The van der Waals surface area contributed by atoms with Crippen molar-refractivity contribution in [3.05, 3.63) is 40.2 Å². The maximum Gasteiger partial charge on any atom is 0.246 e. The SMILES string of the molecule is C=CC(=O)N1CC(NC(=O)Cn2c3c(c(C=O)c2C2CC2)C=C(Cl)CC3C)C1. The molecule has 2 heterocycles. The molecule has 1 saturated carbocycles. The van der Waals surface area contributed by atoms with Gasteiger partial charge >= 0.3 is 0 Å². The van der Waals surface area contributed by atoms with Gasteiger partial charge in [0.15, 0.2) is 6.29 Å². The molecule has 0 aromatic carbocycles. The topological polar surface area (TPSA) is 71.4 Å². The fourth-order valence-corrected chi connectivity index (χ4v) is 4.71. The minimum Gasteiger partial charge on any atom is -0.348 e. The minimum atomic E-state index is -0.117. The molecule has 28 heavy (non-hydrogen) atoms. The van der Waals surface area contributed by atoms with E-state index >= 15 is 0 Å². The average molecular weight is 402 g/mol. The normalized spacial score (nSPS) is 21.4. The summed E-state index contributed by atoms with van der Waals surface area (Å²) in [6.07, 6.45) is 6.86. The second-order valence-corrected chi connectivity index (χ2v) is 8.47. The molecule has 7 heteroatoms. The summed E-state index contributed by atoms with van der Waals surface area (Å²) in [5, 5.41) is 3.74. The van der Waals surface area contributed by atoms with Crippen LogP contribution in [0.4, 0.5) is 0 Å². The second-order valence-electron chi connectivity index (χ2n) is 7.98. The van der Waals surface area contributed by atoms with Crippen molar-refractivity contribution in [3.8, 4) is 0 Å². The number of aldehydes is 1. The van der Waals surface area contributed by atoms with Crippen LogP contribution < -0.4 is 5.32 Å². The molecule has 1 N–H and O–H groups in total. The van der Waals surface area contributed by atoms with E-state index in [1.807, 2.05) is 10.6 Å². The number of hydrogen-bond donors (Lipinski definition) is 1. The molecule has 2 fully saturated rings. The Morgan fingerprint density at radius 1 is 1.32 bits per heavy atom. The van der Waals surface area contributed by atoms with E-state index in [9.17, 15) is 14.4 Å². The van der Waals surface area contributed by atoms with Gasteiger partial charge in [-0.25, -0.2) is 0 Å². The number of likely N-dealkylation sites (tertiary alicyclic amines) is 1. The van der Waals surface area contributed by atoms with Crippen molar-refractivity contribution in [3.63, 3.8) is 0 Å². The summed E-state index contributed by atoms with van der Waals surface area (Å²) in [5.74, 6) is 0.271. The maximum absolute atomic E-state index is 12.7. The van der Waals surface area contributed by atoms with E-state index < -0.39 is 0 Å². The van der Waals surface area contributed by atoms with Crippen LogP contribution in [0.1, 0.15) is 65.3 Å². The summed E-state index contributed by atoms with van der Waals surface area (Å²) in [7, 11) is 0. The van der Waals surface area contributed by atoms with Crippen LogP contribution in [0, 0.1) is 0 Å². The fraction of sp³-hybridized carbons (Fsp3) is 0.476. The van der Waals surface area contributed by atoms with Crippen molar-refractivity contribution in [2.45, 2.75) is 50.6 Å². The summed E-state index contributed by atoms with van der Waals surface area (Å²) in [4.78, 5) is 37.8. The number of fused-ring (bicyclic) bond motifs is 1. The molecule has 2 amide bonds. The standard InChI is InChI=1S/C21H24ClN3O3/c1-3-19(28)24-8-15(9-24)23-18(27)10-25-20-12(2)6-14(22)7-16(20)17(11-26)21(25)13-4-5-13/h3,7,11-13,15H,1,4-6,8-10H2,2H3,(H,23,27). The first kappa shape index (κ1) is 19.0. The molecule has 2 aliphatic carbocycles. The summed E-state index contributed by atoms with van der Waals surface area (Å²) >= 11 is 6.29. The number of carbonyl (C=O) groups excluding carboxylic acids is 3. The van der Waals surface area contributed by atoms with Gasteiger partial charge < -0.3 is 14.8 Å². The lowest BCUT2D eigenvalue weighted by molar-refractivity contribution is -0.133. The molecule has 1 aromatic heterocycles. The third kappa shape index (κ3) is 3.30. The van der Waals surface area contributed by atoms with Crippen LogP contribution in [0.15, 0.2) is 17.7 Å². The van der Waals surface area contributed by atoms with E-state index in [-0.39, 0.29) is 30.3 Å². The quantitative estimate of drug-likeness (QED) is 0.588. The molecule has 1 aromatic rings. The number of nitrogens with one attached hydrogen (secondary N) is 1. The van der Waals surface area contributed by atoms with Gasteiger partial charge in [0.05, 0.1) is 6.04 Å². The number of carbonyl (C=O) groups is 3. The van der Waals surface area contributed by atoms with Gasteiger partial charge in [-0.2, -0.15) is 0 Å². The van der Waals surface area contributed by atoms with Gasteiger partial charge in [-0.1, -0.05) is 25.1 Å². The molecular formula is C21H24ClN3O3. The highest BCUT2D eigenvalue weighted by Gasteiger charge is 2.37. The van der Waals surface area contributed by atoms with E-state index in [1.54, 1.807) is 4.90 Å². The second kappa shape index (κ2) is 7.24. The minimum absolute atomic E-state index is 0.0375. The number of amides is 2. The smallest absolute Gasteiger partial charge is 0.246 e. The Kier molecular flexibility index (Phi) is 4.91. The number of allylic oxidation sites excluding steroid dienone is 1. The van der Waals surface area contributed by atoms with Gasteiger partial charge in [0, 0.05) is 46.6 Å². The lowest BCUT2D eigenvalue weighted by Gasteiger charge is -2.39. The van der Waals surface area contributed by atoms with Gasteiger partial charge in [-0.15, -0.1) is 0 Å². The van der Waals surface area contributed by atoms with Gasteiger partial charge in [0.2, 0.25) is 11.8 Å². The first-order chi connectivity index (χ1) is 13.4. The Bertz CT molecular complexity index is 891. The molecule has 1 atom stereocenters. The van der Waals surface area contributed by atoms with Crippen LogP contribution >= 0.6 is 11.6 Å². The highest BCUT2D eigenvalue weighted by molar-refractivity contribution is 6.32. The van der Waals surface area contributed by atoms with Gasteiger partial charge in [0.1, 0.15) is 6.54 Å². The Labute approximate surface area is 169 Å². The summed E-state index contributed by atoms with van der Waals surface area (Å²) in [6, 6.07) is -0.0375. The Balaban J connectivity index is 1.56. The van der Waals surface area contributed by atoms with Crippen molar-refractivity contribution >= 4 is 35.8 Å². The Hall–Kier alpha value is -2.34. The number of rotatable bonds is 6. The fourth-order valence-electron chi connectivity index (χ4n) is 4.37. The molecule has 1 saturated heterocycles. The first-order valence-corrected chi connectivity index (χ1v) is 10.1. The molecular weight excluding hydrogens is 378 g/mol. The zero-order valence-electron chi connectivity index (χ0n) is 15.9. The van der Waals surface area contributed by atoms with Crippen molar-refractivity contribution in [2.75, 3.05) is 13.1 Å². The number of nitrogens with zero attached hydrogens (tertiary/aromatic N) is 2. The largest absolute Gasteiger partial charge is 0.348 e. The highest BCUT2D eigenvalue weighted by Crippen LogP contribution is 2.47. The Morgan fingerprint density at radius 2 is 2.04 bits per heavy atom. The zero-order chi connectivity index (χ0) is 20.0. The molecule has 0 bridgehead atoms. The summed E-state index contributed by atoms with van der Waals surface area (Å²) in [6.45, 7) is 6.75. The maximum atomic E-state index is 12.7. The van der Waals surface area contributed by atoms with Crippen LogP contribution in [0.2, 0.25) is 0 Å². The van der Waals surface area contributed by atoms with Crippen LogP contribution in [0.25, 0.3) is 6.08 Å². The highest BCUT2D eigenvalue weighted by atomic mass is 35.5. The van der Waals surface area contributed by atoms with E-state index in [0.29, 0.717) is 31.0 Å². The predicted octanol–water partition coefficient (Wildman–Crippen LogP) is 2.78. The molecule has 4 rings (SSSR count). The number of aromatic nitrogens is 1. The summed E-state index contributed by atoms with van der Waals surface area (Å²) < 4.78 is 2.04. The molecule has 3 aliphatic rings. The number of hydrogen-bond acceptors (Lipinski definition) is 3. The molecule has 148 valence electrons. The molecule has 0 radical (unpaired) electrons. The van der Waals surface area contributed by atoms with Crippen LogP contribution in [-0.2, 0) is 16.1 Å². The first-order valence-electron chi connectivity index (χ1n) is 9.71. The van der Waals surface area contributed by atoms with Crippen molar-refractivity contribution in [1.82, 2.24) is 14.8 Å². The van der Waals surface area contributed by atoms with Crippen LogP contribution in [0.5, 0.6) is 0 Å². The third-order valence-corrected chi connectivity index (χ3v) is 6.07. The molecule has 1 aliphatic heterocycles. The van der Waals surface area contributed by atoms with E-state index in [2.05, 4.69) is 18.8 Å². The molecule has 0 spiro atoms. The summed E-state index contributed by atoms with van der Waals surface area (Å²) in [5.41, 5.74) is 3.56. The number of halogens is 1. The lowest BCUT2D eigenvalue weighted by Crippen LogP contribution is -2.61. The van der Waals surface area contributed by atoms with Gasteiger partial charge in [-0.05, 0) is 37.3 Å². The Morgan fingerprint density at radius 3 is 2.64 bits per heavy atom. The van der Waals surface area contributed by atoms with Crippen molar-refractivity contribution in [1.29, 1.82) is 0 Å². The third-order valence-electron chi connectivity index (χ3n) is 5.81. The van der Waals surface area contributed by atoms with Crippen molar-refractivity contribution < 1.29 is 14.4 Å². The van der Waals surface area contributed by atoms with Crippen LogP contribution in [-0.4, -0.2) is 46.7 Å². The molecule has 6 nitrogen and oxygen atoms in total. The van der Waals surface area contributed by atoms with Crippen LogP contribution in [0.3, 0.4) is 0 Å². The van der Waals surface area contributed by atoms with Gasteiger partial charge in [-0.3, -0.25) is 14.4 Å². The lowest BCUT2D eigenvalue weighted by atomic mass is 9.92. The van der Waals surface area contributed by atoms with Crippen molar-refractivity contribution in [2.24, 2.45) is 0 Å². The predicted molar refractivity (Wildman–Crippen MR) is 107 cm³/mol. The monoisotopic (exact) mass is 401 g/mol. The van der Waals surface area contributed by atoms with E-state index in [0.717, 1.165) is 41.1 Å². The average Bonchev–Trinajstić information content (AvgIpc) is 3.40. The molecule has 1 unspecified atom stereocenters.